The molecule has 0 atom stereocenters. The minimum Gasteiger partial charge on any atom is -0.456 e. The second-order valence-corrected chi connectivity index (χ2v) is 11.8. The van der Waals surface area contributed by atoms with Gasteiger partial charge in [-0.1, -0.05) is 107 Å². The van der Waals surface area contributed by atoms with Crippen LogP contribution in [0.2, 0.25) is 0 Å². The molecule has 0 aliphatic heterocycles. The van der Waals surface area contributed by atoms with Gasteiger partial charge in [0.2, 0.25) is 0 Å². The number of hydrogen-bond donors (Lipinski definition) is 0. The first-order valence-electron chi connectivity index (χ1n) is 15.3. The summed E-state index contributed by atoms with van der Waals surface area (Å²) < 4.78 is 8.64. The molecule has 43 heavy (non-hydrogen) atoms. The lowest BCUT2D eigenvalue weighted by Gasteiger charge is -2.22. The first-order valence-corrected chi connectivity index (χ1v) is 15.3. The van der Waals surface area contributed by atoms with Crippen molar-refractivity contribution in [3.63, 3.8) is 0 Å². The molecule has 0 unspecified atom stereocenters. The highest BCUT2D eigenvalue weighted by Crippen LogP contribution is 2.53. The van der Waals surface area contributed by atoms with Crippen LogP contribution in [-0.2, 0) is 5.41 Å². The van der Waals surface area contributed by atoms with Crippen molar-refractivity contribution < 1.29 is 4.42 Å². The number of hydrogen-bond acceptors (Lipinski definition) is 1. The van der Waals surface area contributed by atoms with Crippen LogP contribution in [0.25, 0.3) is 71.7 Å². The monoisotopic (exact) mass is 555 g/mol. The van der Waals surface area contributed by atoms with Gasteiger partial charge in [0.1, 0.15) is 11.2 Å². The number of nitrogens with zero attached hydrogens (tertiary/aromatic N) is 1. The molecule has 0 radical (unpaired) electrons. The minimum absolute atomic E-state index is 0.123. The van der Waals surface area contributed by atoms with Crippen molar-refractivity contribution in [3.05, 3.63) is 139 Å². The topological polar surface area (TPSA) is 18.1 Å². The molecule has 1 aliphatic carbocycles. The summed E-state index contributed by atoms with van der Waals surface area (Å²) in [7, 11) is 0. The molecule has 2 aromatic heterocycles. The molecule has 0 spiro atoms. The molecule has 2 heterocycles. The summed E-state index contributed by atoms with van der Waals surface area (Å²) in [5.41, 5.74) is 13.3. The molecular weight excluding hydrogens is 522 g/mol. The van der Waals surface area contributed by atoms with Crippen molar-refractivity contribution in [2.24, 2.45) is 0 Å². The third-order valence-electron chi connectivity index (χ3n) is 9.17. The first kappa shape index (κ1) is 25.6. The lowest BCUT2D eigenvalue weighted by molar-refractivity contribution is 0.657. The highest BCUT2D eigenvalue weighted by atomic mass is 16.3. The summed E-state index contributed by atoms with van der Waals surface area (Å²) in [5.74, 6) is 0. The predicted molar refractivity (Wildman–Crippen MR) is 182 cm³/mol. The third-order valence-corrected chi connectivity index (χ3v) is 9.17. The number of aromatic nitrogens is 1. The van der Waals surface area contributed by atoms with E-state index < -0.39 is 0 Å². The van der Waals surface area contributed by atoms with Crippen molar-refractivity contribution in [3.8, 4) is 27.9 Å². The van der Waals surface area contributed by atoms with E-state index in [-0.39, 0.29) is 5.41 Å². The molecule has 0 amide bonds. The maximum Gasteiger partial charge on any atom is 0.135 e. The Labute approximate surface area is 251 Å². The minimum atomic E-state index is -0.123. The number of rotatable bonds is 2. The van der Waals surface area contributed by atoms with Gasteiger partial charge in [-0.3, -0.25) is 0 Å². The van der Waals surface area contributed by atoms with E-state index in [4.69, 9.17) is 4.42 Å². The van der Waals surface area contributed by atoms with E-state index >= 15 is 0 Å². The zero-order valence-electron chi connectivity index (χ0n) is 25.0. The fourth-order valence-corrected chi connectivity index (χ4v) is 7.32. The van der Waals surface area contributed by atoms with E-state index in [0.717, 1.165) is 11.2 Å². The lowest BCUT2D eigenvalue weighted by atomic mass is 9.80. The summed E-state index contributed by atoms with van der Waals surface area (Å²) in [5, 5.41) is 4.99. The average molecular weight is 556 g/mol. The van der Waals surface area contributed by atoms with E-state index in [9.17, 15) is 0 Å². The van der Waals surface area contributed by atoms with Crippen LogP contribution in [-0.4, -0.2) is 4.57 Å². The van der Waals surface area contributed by atoms with Gasteiger partial charge in [-0.05, 0) is 81.9 Å². The summed E-state index contributed by atoms with van der Waals surface area (Å²) in [6.07, 6.45) is 0. The molecular formula is C41H33NO. The fraction of sp³-hybridized carbons (Fsp3) is 0.122. The van der Waals surface area contributed by atoms with Crippen LogP contribution in [0.3, 0.4) is 0 Å². The summed E-state index contributed by atoms with van der Waals surface area (Å²) >= 11 is 0. The van der Waals surface area contributed by atoms with Gasteiger partial charge < -0.3 is 8.98 Å². The molecule has 2 heteroatoms. The average Bonchev–Trinajstić information content (AvgIpc) is 3.67. The number of fused-ring (bicyclic) bond motifs is 10. The van der Waals surface area contributed by atoms with Gasteiger partial charge >= 0.3 is 0 Å². The standard InChI is InChI=1S/C39H27NO.C2H6/c1-39(2)32-19-16-24(22-30(32)28-18-21-36-37(38(28)39)29-13-7-9-15-35(29)41-36)25-17-20-34-31(23-25)27-12-6-8-14-33(27)40(34)26-10-4-3-5-11-26;1-2/h3-23H,1-2H3;1-2H3. The largest absolute Gasteiger partial charge is 0.456 e. The molecule has 6 aromatic carbocycles. The van der Waals surface area contributed by atoms with E-state index in [1.54, 1.807) is 0 Å². The Balaban J connectivity index is 0.00000136. The Hall–Kier alpha value is -5.08. The molecule has 8 aromatic rings. The highest BCUT2D eigenvalue weighted by molar-refractivity contribution is 6.12. The Kier molecular flexibility index (Phi) is 5.64. The molecule has 0 saturated heterocycles. The Bertz CT molecular complexity index is 2330. The van der Waals surface area contributed by atoms with Gasteiger partial charge in [-0.15, -0.1) is 0 Å². The number of para-hydroxylation sites is 3. The normalized spacial score (nSPS) is 13.3. The van der Waals surface area contributed by atoms with Crippen LogP contribution >= 0.6 is 0 Å². The van der Waals surface area contributed by atoms with E-state index in [1.807, 2.05) is 19.9 Å². The van der Waals surface area contributed by atoms with Crippen molar-refractivity contribution >= 4 is 43.7 Å². The third kappa shape index (κ3) is 3.59. The first-order chi connectivity index (χ1) is 21.1. The van der Waals surface area contributed by atoms with Crippen molar-refractivity contribution in [2.45, 2.75) is 33.1 Å². The van der Waals surface area contributed by atoms with Crippen LogP contribution in [0.1, 0.15) is 38.8 Å². The maximum absolute atomic E-state index is 6.27. The van der Waals surface area contributed by atoms with Crippen LogP contribution in [0.5, 0.6) is 0 Å². The Morgan fingerprint density at radius 2 is 1.21 bits per heavy atom. The quantitative estimate of drug-likeness (QED) is 0.207. The number of furan rings is 1. The second kappa shape index (κ2) is 9.47. The van der Waals surface area contributed by atoms with Gasteiger partial charge in [0.05, 0.1) is 11.0 Å². The zero-order valence-corrected chi connectivity index (χ0v) is 25.0. The highest BCUT2D eigenvalue weighted by Gasteiger charge is 2.38. The Morgan fingerprint density at radius 3 is 2.05 bits per heavy atom. The molecule has 2 nitrogen and oxygen atoms in total. The molecule has 0 N–H and O–H groups in total. The van der Waals surface area contributed by atoms with Crippen LogP contribution in [0.4, 0.5) is 0 Å². The van der Waals surface area contributed by atoms with Gasteiger partial charge in [0, 0.05) is 32.6 Å². The van der Waals surface area contributed by atoms with Gasteiger partial charge in [-0.25, -0.2) is 0 Å². The van der Waals surface area contributed by atoms with Crippen LogP contribution < -0.4 is 0 Å². The molecule has 208 valence electrons. The molecule has 0 saturated carbocycles. The molecule has 1 aliphatic rings. The summed E-state index contributed by atoms with van der Waals surface area (Å²) in [6.45, 7) is 8.70. The zero-order chi connectivity index (χ0) is 29.3. The van der Waals surface area contributed by atoms with E-state index in [1.165, 1.54) is 71.6 Å². The molecule has 0 bridgehead atoms. The van der Waals surface area contributed by atoms with Crippen molar-refractivity contribution in [2.75, 3.05) is 0 Å². The summed E-state index contributed by atoms with van der Waals surface area (Å²) in [4.78, 5) is 0. The molecule has 9 rings (SSSR count). The lowest BCUT2D eigenvalue weighted by Crippen LogP contribution is -2.15. The Morgan fingerprint density at radius 1 is 0.535 bits per heavy atom. The van der Waals surface area contributed by atoms with Gasteiger partial charge in [0.15, 0.2) is 0 Å². The van der Waals surface area contributed by atoms with Crippen LogP contribution in [0.15, 0.2) is 132 Å². The second-order valence-electron chi connectivity index (χ2n) is 11.8. The van der Waals surface area contributed by atoms with Gasteiger partial charge in [0.25, 0.3) is 0 Å². The van der Waals surface area contributed by atoms with E-state index in [0.29, 0.717) is 0 Å². The smallest absolute Gasteiger partial charge is 0.135 e. The number of benzene rings is 6. The fourth-order valence-electron chi connectivity index (χ4n) is 7.32. The van der Waals surface area contributed by atoms with Crippen molar-refractivity contribution in [1.29, 1.82) is 0 Å². The maximum atomic E-state index is 6.27. The van der Waals surface area contributed by atoms with Crippen LogP contribution in [0, 0.1) is 0 Å². The predicted octanol–water partition coefficient (Wildman–Crippen LogP) is 11.7. The van der Waals surface area contributed by atoms with Crippen molar-refractivity contribution in [1.82, 2.24) is 4.57 Å². The van der Waals surface area contributed by atoms with Gasteiger partial charge in [-0.2, -0.15) is 0 Å². The molecule has 0 fully saturated rings. The van der Waals surface area contributed by atoms with E-state index in [2.05, 4.69) is 140 Å². The SMILES string of the molecule is CC.CC1(C)c2ccc(-c3ccc4c(c3)c3ccccc3n4-c3ccccc3)cc2-c2ccc3oc4ccccc4c3c21. The summed E-state index contributed by atoms with van der Waals surface area (Å²) in [6, 6.07) is 46.1.